The Balaban J connectivity index is 1.42. The minimum atomic E-state index is 0.202. The normalized spacial score (nSPS) is 18.3. The molecule has 156 valence electrons. The van der Waals surface area contributed by atoms with Crippen LogP contribution in [0, 0.1) is 0 Å². The highest BCUT2D eigenvalue weighted by atomic mass is 79.9. The lowest BCUT2D eigenvalue weighted by molar-refractivity contribution is 0.469. The van der Waals surface area contributed by atoms with Crippen LogP contribution in [0.2, 0.25) is 0 Å². The Labute approximate surface area is 185 Å². The van der Waals surface area contributed by atoms with E-state index in [4.69, 9.17) is 4.98 Å². The molecule has 0 bridgehead atoms. The summed E-state index contributed by atoms with van der Waals surface area (Å²) in [4.78, 5) is 12.1. The van der Waals surface area contributed by atoms with Crippen molar-refractivity contribution in [2.75, 3.05) is 16.8 Å². The van der Waals surface area contributed by atoms with E-state index in [2.05, 4.69) is 77.1 Å². The van der Waals surface area contributed by atoms with E-state index in [0.29, 0.717) is 12.0 Å². The van der Waals surface area contributed by atoms with Crippen LogP contribution in [0.25, 0.3) is 5.69 Å². The van der Waals surface area contributed by atoms with Gasteiger partial charge in [-0.15, -0.1) is 10.2 Å². The number of rotatable bonds is 6. The molecule has 1 aromatic carbocycles. The van der Waals surface area contributed by atoms with Crippen molar-refractivity contribution < 1.29 is 0 Å². The summed E-state index contributed by atoms with van der Waals surface area (Å²) in [5.41, 5.74) is 2.27. The lowest BCUT2D eigenvalue weighted by Gasteiger charge is -2.40. The van der Waals surface area contributed by atoms with Gasteiger partial charge in [0.2, 0.25) is 5.95 Å². The first kappa shape index (κ1) is 19.5. The SMILES string of the molecule is CC[C@@H]1c2nncn2-c2cnc(NCCc3ccc(Br)cc3)nc2N1C1CCCC1. The summed E-state index contributed by atoms with van der Waals surface area (Å²) in [7, 11) is 0. The molecule has 3 heterocycles. The van der Waals surface area contributed by atoms with E-state index in [-0.39, 0.29) is 6.04 Å². The number of halogens is 1. The van der Waals surface area contributed by atoms with E-state index in [0.717, 1.165) is 41.2 Å². The molecule has 30 heavy (non-hydrogen) atoms. The monoisotopic (exact) mass is 467 g/mol. The molecule has 1 aliphatic heterocycles. The smallest absolute Gasteiger partial charge is 0.224 e. The average Bonchev–Trinajstić information content (AvgIpc) is 3.46. The number of hydrogen-bond donors (Lipinski definition) is 1. The molecule has 7 nitrogen and oxygen atoms in total. The first-order valence-corrected chi connectivity index (χ1v) is 11.6. The zero-order valence-corrected chi connectivity index (χ0v) is 18.7. The van der Waals surface area contributed by atoms with Gasteiger partial charge in [-0.05, 0) is 43.4 Å². The molecule has 1 saturated carbocycles. The fourth-order valence-electron chi connectivity index (χ4n) is 4.70. The van der Waals surface area contributed by atoms with Crippen molar-refractivity contribution >= 4 is 27.7 Å². The summed E-state index contributed by atoms with van der Waals surface area (Å²) in [5.74, 6) is 2.68. The number of aromatic nitrogens is 5. The molecule has 1 N–H and O–H groups in total. The van der Waals surface area contributed by atoms with Gasteiger partial charge in [-0.3, -0.25) is 4.57 Å². The number of nitrogens with zero attached hydrogens (tertiary/aromatic N) is 6. The van der Waals surface area contributed by atoms with Gasteiger partial charge in [0.05, 0.1) is 12.2 Å². The predicted octanol–water partition coefficient (Wildman–Crippen LogP) is 4.69. The Bertz CT molecular complexity index is 1010. The van der Waals surface area contributed by atoms with Crippen LogP contribution in [0.5, 0.6) is 0 Å². The standard InChI is InChI=1S/C22H26BrN7/c1-2-18-21-28-26-14-29(21)19-13-25-22(24-12-11-15-7-9-16(23)10-8-15)27-20(19)30(18)17-5-3-4-6-17/h7-10,13-14,17-18H,2-6,11-12H2,1H3,(H,24,25,27)/t18-/m1/s1. The third-order valence-electron chi connectivity index (χ3n) is 6.18. The summed E-state index contributed by atoms with van der Waals surface area (Å²) in [6, 6.07) is 9.14. The van der Waals surface area contributed by atoms with E-state index < -0.39 is 0 Å². The molecule has 1 aliphatic carbocycles. The zero-order valence-electron chi connectivity index (χ0n) is 17.1. The molecule has 8 heteroatoms. The van der Waals surface area contributed by atoms with Crippen LogP contribution in [0.15, 0.2) is 41.3 Å². The van der Waals surface area contributed by atoms with E-state index in [1.54, 1.807) is 6.33 Å². The molecule has 2 aliphatic rings. The average molecular weight is 468 g/mol. The van der Waals surface area contributed by atoms with Crippen molar-refractivity contribution in [3.8, 4) is 5.69 Å². The zero-order chi connectivity index (χ0) is 20.5. The third kappa shape index (κ3) is 3.57. The number of hydrogen-bond acceptors (Lipinski definition) is 6. The minimum Gasteiger partial charge on any atom is -0.354 e. The van der Waals surface area contributed by atoms with Crippen LogP contribution >= 0.6 is 15.9 Å². The van der Waals surface area contributed by atoms with Gasteiger partial charge in [-0.1, -0.05) is 47.8 Å². The maximum Gasteiger partial charge on any atom is 0.224 e. The van der Waals surface area contributed by atoms with Gasteiger partial charge in [0, 0.05) is 17.1 Å². The van der Waals surface area contributed by atoms with Gasteiger partial charge in [-0.25, -0.2) is 4.98 Å². The second-order valence-corrected chi connectivity index (χ2v) is 8.95. The van der Waals surface area contributed by atoms with Crippen LogP contribution in [-0.2, 0) is 6.42 Å². The number of fused-ring (bicyclic) bond motifs is 3. The molecule has 0 spiro atoms. The van der Waals surface area contributed by atoms with E-state index in [1.165, 1.54) is 31.2 Å². The Morgan fingerprint density at radius 1 is 1.17 bits per heavy atom. The van der Waals surface area contributed by atoms with Gasteiger partial charge < -0.3 is 10.2 Å². The van der Waals surface area contributed by atoms with Crippen LogP contribution < -0.4 is 10.2 Å². The van der Waals surface area contributed by atoms with Crippen molar-refractivity contribution in [2.45, 2.75) is 57.5 Å². The predicted molar refractivity (Wildman–Crippen MR) is 121 cm³/mol. The maximum absolute atomic E-state index is 4.98. The fourth-order valence-corrected chi connectivity index (χ4v) is 4.96. The van der Waals surface area contributed by atoms with E-state index in [9.17, 15) is 0 Å². The Hall–Kier alpha value is -2.48. The van der Waals surface area contributed by atoms with Crippen molar-refractivity contribution in [3.63, 3.8) is 0 Å². The molecule has 3 aromatic rings. The van der Waals surface area contributed by atoms with Crippen molar-refractivity contribution in [2.24, 2.45) is 0 Å². The topological polar surface area (TPSA) is 71.8 Å². The second kappa shape index (κ2) is 8.34. The van der Waals surface area contributed by atoms with Crippen LogP contribution in [0.3, 0.4) is 0 Å². The van der Waals surface area contributed by atoms with E-state index >= 15 is 0 Å². The van der Waals surface area contributed by atoms with Crippen LogP contribution in [0.1, 0.15) is 56.5 Å². The Morgan fingerprint density at radius 2 is 1.97 bits per heavy atom. The van der Waals surface area contributed by atoms with Gasteiger partial charge in [0.15, 0.2) is 11.6 Å². The van der Waals surface area contributed by atoms with E-state index in [1.807, 2.05) is 6.20 Å². The second-order valence-electron chi connectivity index (χ2n) is 8.03. The maximum atomic E-state index is 4.98. The Kier molecular flexibility index (Phi) is 5.41. The molecule has 0 radical (unpaired) electrons. The first-order chi connectivity index (χ1) is 14.7. The molecule has 0 amide bonds. The molecule has 0 unspecified atom stereocenters. The Morgan fingerprint density at radius 3 is 2.73 bits per heavy atom. The van der Waals surface area contributed by atoms with Crippen LogP contribution in [-0.4, -0.2) is 37.3 Å². The lowest BCUT2D eigenvalue weighted by Crippen LogP contribution is -2.42. The molecule has 5 rings (SSSR count). The van der Waals surface area contributed by atoms with Crippen molar-refractivity contribution in [1.82, 2.24) is 24.7 Å². The largest absolute Gasteiger partial charge is 0.354 e. The summed E-state index contributed by atoms with van der Waals surface area (Å²) in [6.45, 7) is 3.01. The highest BCUT2D eigenvalue weighted by Gasteiger charge is 2.38. The van der Waals surface area contributed by atoms with Gasteiger partial charge >= 0.3 is 0 Å². The highest BCUT2D eigenvalue weighted by molar-refractivity contribution is 9.10. The van der Waals surface area contributed by atoms with Gasteiger partial charge in [-0.2, -0.15) is 4.98 Å². The summed E-state index contributed by atoms with van der Waals surface area (Å²) < 4.78 is 3.16. The summed E-state index contributed by atoms with van der Waals surface area (Å²) >= 11 is 3.49. The summed E-state index contributed by atoms with van der Waals surface area (Å²) in [5, 5.41) is 12.0. The van der Waals surface area contributed by atoms with Gasteiger partial charge in [0.1, 0.15) is 12.0 Å². The fraction of sp³-hybridized carbons (Fsp3) is 0.455. The molecule has 0 saturated heterocycles. The molecule has 1 fully saturated rings. The molecular weight excluding hydrogens is 442 g/mol. The lowest BCUT2D eigenvalue weighted by atomic mass is 10.0. The third-order valence-corrected chi connectivity index (χ3v) is 6.71. The molecule has 2 aromatic heterocycles. The number of nitrogens with one attached hydrogen (secondary N) is 1. The van der Waals surface area contributed by atoms with Crippen molar-refractivity contribution in [3.05, 3.63) is 52.7 Å². The molecule has 1 atom stereocenters. The first-order valence-electron chi connectivity index (χ1n) is 10.8. The van der Waals surface area contributed by atoms with Gasteiger partial charge in [0.25, 0.3) is 0 Å². The minimum absolute atomic E-state index is 0.202. The van der Waals surface area contributed by atoms with Crippen LogP contribution in [0.4, 0.5) is 11.8 Å². The summed E-state index contributed by atoms with van der Waals surface area (Å²) in [6.07, 6.45) is 10.6. The molecular formula is C22H26BrN7. The number of anilines is 2. The number of benzene rings is 1. The highest BCUT2D eigenvalue weighted by Crippen LogP contribution is 2.42. The van der Waals surface area contributed by atoms with Crippen molar-refractivity contribution in [1.29, 1.82) is 0 Å². The quantitative estimate of drug-likeness (QED) is 0.566.